The summed E-state index contributed by atoms with van der Waals surface area (Å²) in [7, 11) is 1.67. The van der Waals surface area contributed by atoms with Gasteiger partial charge in [0.25, 0.3) is 0 Å². The van der Waals surface area contributed by atoms with Crippen LogP contribution >= 0.6 is 23.2 Å². The van der Waals surface area contributed by atoms with Crippen LogP contribution < -0.4 is 10.1 Å². The number of hydrogen-bond donors (Lipinski definition) is 1. The second kappa shape index (κ2) is 6.98. The van der Waals surface area contributed by atoms with Crippen LogP contribution in [0.25, 0.3) is 0 Å². The Kier molecular flexibility index (Phi) is 5.30. The van der Waals surface area contributed by atoms with E-state index in [1.807, 2.05) is 36.4 Å². The second-order valence-corrected chi connectivity index (χ2v) is 5.24. The molecule has 0 heterocycles. The number of rotatable bonds is 5. The molecule has 0 spiro atoms. The fourth-order valence-corrected chi connectivity index (χ4v) is 2.64. The summed E-state index contributed by atoms with van der Waals surface area (Å²) in [5.74, 6) is 0.828. The maximum Gasteiger partial charge on any atom is 0.123 e. The van der Waals surface area contributed by atoms with Gasteiger partial charge in [-0.2, -0.15) is 0 Å². The van der Waals surface area contributed by atoms with E-state index < -0.39 is 0 Å². The summed E-state index contributed by atoms with van der Waals surface area (Å²) in [5.41, 5.74) is 1.99. The average molecular weight is 310 g/mol. The van der Waals surface area contributed by atoms with Gasteiger partial charge in [0.15, 0.2) is 0 Å². The highest BCUT2D eigenvalue weighted by atomic mass is 35.5. The van der Waals surface area contributed by atoms with Gasteiger partial charge in [0, 0.05) is 15.6 Å². The molecule has 0 aromatic heterocycles. The Balaban J connectivity index is 2.53. The standard InChI is InChI=1S/C16H17Cl2NO/c1-3-19-16(12-6-4-5-7-15(12)20-2)13-10-11(17)8-9-14(13)18/h4-10,16,19H,3H2,1-2H3. The van der Waals surface area contributed by atoms with E-state index in [4.69, 9.17) is 27.9 Å². The fourth-order valence-electron chi connectivity index (χ4n) is 2.23. The van der Waals surface area contributed by atoms with Gasteiger partial charge in [-0.25, -0.2) is 0 Å². The van der Waals surface area contributed by atoms with E-state index in [0.717, 1.165) is 23.4 Å². The van der Waals surface area contributed by atoms with Crippen LogP contribution in [-0.4, -0.2) is 13.7 Å². The number of methoxy groups -OCH3 is 1. The van der Waals surface area contributed by atoms with Crippen molar-refractivity contribution in [2.75, 3.05) is 13.7 Å². The van der Waals surface area contributed by atoms with Crippen LogP contribution in [0.15, 0.2) is 42.5 Å². The fraction of sp³-hybridized carbons (Fsp3) is 0.250. The number of nitrogens with one attached hydrogen (secondary N) is 1. The Hall–Kier alpha value is -1.22. The molecule has 4 heteroatoms. The van der Waals surface area contributed by atoms with Crippen LogP contribution in [0.3, 0.4) is 0 Å². The van der Waals surface area contributed by atoms with Crippen LogP contribution in [0.4, 0.5) is 0 Å². The zero-order valence-corrected chi connectivity index (χ0v) is 13.0. The van der Waals surface area contributed by atoms with Crippen LogP contribution in [0.2, 0.25) is 10.0 Å². The van der Waals surface area contributed by atoms with Crippen molar-refractivity contribution in [3.05, 3.63) is 63.6 Å². The van der Waals surface area contributed by atoms with Crippen molar-refractivity contribution in [1.82, 2.24) is 5.32 Å². The minimum atomic E-state index is -0.0534. The third kappa shape index (κ3) is 3.26. The summed E-state index contributed by atoms with van der Waals surface area (Å²) in [6.45, 7) is 2.87. The van der Waals surface area contributed by atoms with Crippen molar-refractivity contribution in [3.63, 3.8) is 0 Å². The number of halogens is 2. The molecule has 1 N–H and O–H groups in total. The second-order valence-electron chi connectivity index (χ2n) is 4.40. The summed E-state index contributed by atoms with van der Waals surface area (Å²) in [4.78, 5) is 0. The predicted molar refractivity (Wildman–Crippen MR) is 85.0 cm³/mol. The van der Waals surface area contributed by atoms with Crippen molar-refractivity contribution in [2.24, 2.45) is 0 Å². The normalized spacial score (nSPS) is 12.2. The average Bonchev–Trinajstić information content (AvgIpc) is 2.47. The van der Waals surface area contributed by atoms with Crippen molar-refractivity contribution < 1.29 is 4.74 Å². The number of para-hydroxylation sites is 1. The van der Waals surface area contributed by atoms with E-state index in [2.05, 4.69) is 12.2 Å². The van der Waals surface area contributed by atoms with Gasteiger partial charge < -0.3 is 10.1 Å². The molecule has 2 aromatic carbocycles. The molecule has 2 nitrogen and oxygen atoms in total. The Morgan fingerprint density at radius 2 is 1.85 bits per heavy atom. The first kappa shape index (κ1) is 15.2. The summed E-state index contributed by atoms with van der Waals surface area (Å²) >= 11 is 12.4. The zero-order valence-electron chi connectivity index (χ0n) is 11.5. The van der Waals surface area contributed by atoms with Gasteiger partial charge in [-0.15, -0.1) is 0 Å². The lowest BCUT2D eigenvalue weighted by molar-refractivity contribution is 0.404. The highest BCUT2D eigenvalue weighted by Crippen LogP contribution is 2.34. The van der Waals surface area contributed by atoms with E-state index in [-0.39, 0.29) is 6.04 Å². The Bertz CT molecular complexity index is 586. The van der Waals surface area contributed by atoms with Crippen molar-refractivity contribution in [3.8, 4) is 5.75 Å². The molecule has 0 amide bonds. The summed E-state index contributed by atoms with van der Waals surface area (Å²) in [6, 6.07) is 13.4. The van der Waals surface area contributed by atoms with Gasteiger partial charge in [0.2, 0.25) is 0 Å². The monoisotopic (exact) mass is 309 g/mol. The molecule has 0 aliphatic carbocycles. The molecule has 0 saturated carbocycles. The summed E-state index contributed by atoms with van der Waals surface area (Å²) in [6.07, 6.45) is 0. The van der Waals surface area contributed by atoms with E-state index >= 15 is 0 Å². The lowest BCUT2D eigenvalue weighted by atomic mass is 9.97. The number of hydrogen-bond acceptors (Lipinski definition) is 2. The van der Waals surface area contributed by atoms with Gasteiger partial charge in [-0.05, 0) is 36.4 Å². The van der Waals surface area contributed by atoms with E-state index in [0.29, 0.717) is 10.0 Å². The van der Waals surface area contributed by atoms with Gasteiger partial charge in [-0.3, -0.25) is 0 Å². The quantitative estimate of drug-likeness (QED) is 0.864. The molecule has 0 aliphatic heterocycles. The molecule has 0 aliphatic rings. The van der Waals surface area contributed by atoms with Crippen LogP contribution in [0.5, 0.6) is 5.75 Å². The van der Waals surface area contributed by atoms with Gasteiger partial charge in [-0.1, -0.05) is 48.3 Å². The Morgan fingerprint density at radius 1 is 1.10 bits per heavy atom. The maximum atomic E-state index is 6.33. The number of ether oxygens (including phenoxy) is 1. The first-order valence-corrected chi connectivity index (χ1v) is 7.24. The van der Waals surface area contributed by atoms with Crippen LogP contribution in [-0.2, 0) is 0 Å². The SMILES string of the molecule is CCNC(c1cc(Cl)ccc1Cl)c1ccccc1OC. The molecular formula is C16H17Cl2NO. The molecule has 2 aromatic rings. The first-order valence-electron chi connectivity index (χ1n) is 6.48. The predicted octanol–water partition coefficient (Wildman–Crippen LogP) is 4.70. The highest BCUT2D eigenvalue weighted by molar-refractivity contribution is 6.33. The van der Waals surface area contributed by atoms with Gasteiger partial charge >= 0.3 is 0 Å². The molecule has 106 valence electrons. The highest BCUT2D eigenvalue weighted by Gasteiger charge is 2.19. The van der Waals surface area contributed by atoms with E-state index in [1.165, 1.54) is 0 Å². The minimum absolute atomic E-state index is 0.0534. The van der Waals surface area contributed by atoms with Crippen molar-refractivity contribution >= 4 is 23.2 Å². The minimum Gasteiger partial charge on any atom is -0.496 e. The third-order valence-electron chi connectivity index (χ3n) is 3.13. The van der Waals surface area contributed by atoms with Crippen LogP contribution in [0.1, 0.15) is 24.1 Å². The molecule has 1 atom stereocenters. The smallest absolute Gasteiger partial charge is 0.123 e. The summed E-state index contributed by atoms with van der Waals surface area (Å²) < 4.78 is 5.45. The van der Waals surface area contributed by atoms with Crippen LogP contribution in [0, 0.1) is 0 Å². The molecular weight excluding hydrogens is 293 g/mol. The topological polar surface area (TPSA) is 21.3 Å². The van der Waals surface area contributed by atoms with Gasteiger partial charge in [0.05, 0.1) is 13.2 Å². The molecule has 2 rings (SSSR count). The molecule has 0 bridgehead atoms. The molecule has 20 heavy (non-hydrogen) atoms. The van der Waals surface area contributed by atoms with Crippen molar-refractivity contribution in [1.29, 1.82) is 0 Å². The lowest BCUT2D eigenvalue weighted by Gasteiger charge is -2.22. The molecule has 1 unspecified atom stereocenters. The Morgan fingerprint density at radius 3 is 2.55 bits per heavy atom. The first-order chi connectivity index (χ1) is 9.67. The molecule has 0 fully saturated rings. The summed E-state index contributed by atoms with van der Waals surface area (Å²) in [5, 5.41) is 4.79. The molecule has 0 radical (unpaired) electrons. The van der Waals surface area contributed by atoms with E-state index in [9.17, 15) is 0 Å². The van der Waals surface area contributed by atoms with Gasteiger partial charge in [0.1, 0.15) is 5.75 Å². The maximum absolute atomic E-state index is 6.33. The third-order valence-corrected chi connectivity index (χ3v) is 3.71. The zero-order chi connectivity index (χ0) is 14.5. The molecule has 0 saturated heterocycles. The number of benzene rings is 2. The van der Waals surface area contributed by atoms with Crippen molar-refractivity contribution in [2.45, 2.75) is 13.0 Å². The van der Waals surface area contributed by atoms with E-state index in [1.54, 1.807) is 13.2 Å². The lowest BCUT2D eigenvalue weighted by Crippen LogP contribution is -2.22. The largest absolute Gasteiger partial charge is 0.496 e. The Labute approximate surface area is 129 Å².